The molecule has 0 spiro atoms. The van der Waals surface area contributed by atoms with Gasteiger partial charge in [-0.05, 0) is 6.92 Å². The highest BCUT2D eigenvalue weighted by molar-refractivity contribution is 4.57. The molecule has 1 heterocycles. The van der Waals surface area contributed by atoms with Gasteiger partial charge in [-0.2, -0.15) is 0 Å². The first-order chi connectivity index (χ1) is 3.83. The Bertz CT molecular complexity index is 74.1. The van der Waals surface area contributed by atoms with Crippen molar-refractivity contribution < 1.29 is 14.6 Å². The molecule has 0 aliphatic carbocycles. The third-order valence-electron chi connectivity index (χ3n) is 1.05. The van der Waals surface area contributed by atoms with E-state index in [1.165, 1.54) is 0 Å². The van der Waals surface area contributed by atoms with Crippen molar-refractivity contribution in [1.82, 2.24) is 0 Å². The summed E-state index contributed by atoms with van der Waals surface area (Å²) in [5.41, 5.74) is 0. The van der Waals surface area contributed by atoms with Crippen LogP contribution in [-0.4, -0.2) is 30.7 Å². The molecule has 0 aromatic heterocycles. The summed E-state index contributed by atoms with van der Waals surface area (Å²) in [4.78, 5) is 0. The number of aliphatic hydroxyl groups excluding tert-OH is 1. The van der Waals surface area contributed by atoms with Crippen molar-refractivity contribution in [3.05, 3.63) is 0 Å². The molecular weight excluding hydrogens is 108 g/mol. The number of hydrogen-bond acceptors (Lipinski definition) is 3. The summed E-state index contributed by atoms with van der Waals surface area (Å²) in [6, 6.07) is 0. The fourth-order valence-electron chi connectivity index (χ4n) is 0.676. The van der Waals surface area contributed by atoms with Crippen molar-refractivity contribution in [1.29, 1.82) is 0 Å². The Balaban J connectivity index is 2.22. The molecule has 1 N–H and O–H groups in total. The van der Waals surface area contributed by atoms with Gasteiger partial charge in [-0.15, -0.1) is 0 Å². The topological polar surface area (TPSA) is 38.7 Å². The van der Waals surface area contributed by atoms with Crippen molar-refractivity contribution in [3.8, 4) is 0 Å². The number of aliphatic hydroxyl groups is 1. The smallest absolute Gasteiger partial charge is 0.181 e. The summed E-state index contributed by atoms with van der Waals surface area (Å²) in [5.74, 6) is 0. The van der Waals surface area contributed by atoms with Gasteiger partial charge in [0.1, 0.15) is 0 Å². The molecule has 1 aliphatic rings. The monoisotopic (exact) mass is 118 g/mol. The van der Waals surface area contributed by atoms with Crippen LogP contribution in [0.3, 0.4) is 0 Å². The lowest BCUT2D eigenvalue weighted by Crippen LogP contribution is -2.13. The average Bonchev–Trinajstić information content (AvgIpc) is 2.14. The molecule has 1 rings (SSSR count). The molecule has 1 unspecified atom stereocenters. The van der Waals surface area contributed by atoms with E-state index >= 15 is 0 Å². The van der Waals surface area contributed by atoms with E-state index in [4.69, 9.17) is 14.6 Å². The van der Waals surface area contributed by atoms with Crippen LogP contribution in [0, 0.1) is 0 Å². The minimum Gasteiger partial charge on any atom is -0.391 e. The van der Waals surface area contributed by atoms with Crippen LogP contribution >= 0.6 is 0 Å². The molecule has 1 saturated heterocycles. The van der Waals surface area contributed by atoms with Gasteiger partial charge in [0.15, 0.2) is 6.29 Å². The molecular formula is C5H10O3. The van der Waals surface area contributed by atoms with E-state index in [1.807, 2.05) is 6.92 Å². The molecule has 1 aliphatic heterocycles. The van der Waals surface area contributed by atoms with Crippen LogP contribution in [0.15, 0.2) is 0 Å². The van der Waals surface area contributed by atoms with E-state index < -0.39 is 0 Å². The van der Waals surface area contributed by atoms with E-state index in [1.54, 1.807) is 0 Å². The molecule has 0 aromatic carbocycles. The van der Waals surface area contributed by atoms with Crippen molar-refractivity contribution in [2.45, 2.75) is 19.3 Å². The first kappa shape index (κ1) is 6.01. The first-order valence-corrected chi connectivity index (χ1v) is 2.71. The fraction of sp³-hybridized carbons (Fsp3) is 1.00. The SMILES string of the molecule is C[C@H]1COC(CO)O1. The Hall–Kier alpha value is -0.120. The van der Waals surface area contributed by atoms with Crippen molar-refractivity contribution >= 4 is 0 Å². The summed E-state index contributed by atoms with van der Waals surface area (Å²) in [6.07, 6.45) is -0.225. The summed E-state index contributed by atoms with van der Waals surface area (Å²) in [5, 5.41) is 8.43. The molecule has 2 atom stereocenters. The van der Waals surface area contributed by atoms with Gasteiger partial charge in [-0.3, -0.25) is 0 Å². The average molecular weight is 118 g/mol. The molecule has 1 fully saturated rings. The van der Waals surface area contributed by atoms with Crippen LogP contribution in [0.25, 0.3) is 0 Å². The van der Waals surface area contributed by atoms with Gasteiger partial charge in [0.25, 0.3) is 0 Å². The second kappa shape index (κ2) is 2.44. The van der Waals surface area contributed by atoms with Crippen LogP contribution in [0.2, 0.25) is 0 Å². The normalized spacial score (nSPS) is 38.2. The Morgan fingerprint density at radius 1 is 1.75 bits per heavy atom. The molecule has 48 valence electrons. The summed E-state index contributed by atoms with van der Waals surface area (Å²) >= 11 is 0. The maximum absolute atomic E-state index is 8.43. The zero-order chi connectivity index (χ0) is 5.98. The third kappa shape index (κ3) is 1.18. The molecule has 0 bridgehead atoms. The second-order valence-electron chi connectivity index (χ2n) is 1.89. The lowest BCUT2D eigenvalue weighted by Gasteiger charge is -2.02. The number of hydrogen-bond donors (Lipinski definition) is 1. The van der Waals surface area contributed by atoms with Gasteiger partial charge in [0, 0.05) is 0 Å². The van der Waals surface area contributed by atoms with Gasteiger partial charge < -0.3 is 14.6 Å². The summed E-state index contributed by atoms with van der Waals surface area (Å²) in [6.45, 7) is 2.48. The minimum absolute atomic E-state index is 0.0374. The van der Waals surface area contributed by atoms with Gasteiger partial charge >= 0.3 is 0 Å². The van der Waals surface area contributed by atoms with Crippen LogP contribution < -0.4 is 0 Å². The molecule has 8 heavy (non-hydrogen) atoms. The zero-order valence-corrected chi connectivity index (χ0v) is 4.83. The predicted octanol–water partition coefficient (Wildman–Crippen LogP) is -0.260. The molecule has 0 radical (unpaired) electrons. The molecule has 0 aromatic rings. The lowest BCUT2D eigenvalue weighted by molar-refractivity contribution is -0.0853. The maximum Gasteiger partial charge on any atom is 0.181 e. The van der Waals surface area contributed by atoms with Crippen LogP contribution in [0.5, 0.6) is 0 Å². The predicted molar refractivity (Wildman–Crippen MR) is 27.4 cm³/mol. The largest absolute Gasteiger partial charge is 0.391 e. The Morgan fingerprint density at radius 2 is 2.50 bits per heavy atom. The molecule has 0 amide bonds. The highest BCUT2D eigenvalue weighted by atomic mass is 16.7. The molecule has 3 nitrogen and oxygen atoms in total. The Labute approximate surface area is 48.2 Å². The van der Waals surface area contributed by atoms with Crippen LogP contribution in [0.1, 0.15) is 6.92 Å². The third-order valence-corrected chi connectivity index (χ3v) is 1.05. The molecule has 0 saturated carbocycles. The van der Waals surface area contributed by atoms with Gasteiger partial charge in [-0.1, -0.05) is 0 Å². The lowest BCUT2D eigenvalue weighted by atomic mass is 10.5. The Kier molecular flexibility index (Phi) is 1.83. The van der Waals surface area contributed by atoms with E-state index in [0.29, 0.717) is 6.61 Å². The summed E-state index contributed by atoms with van der Waals surface area (Å²) < 4.78 is 9.98. The van der Waals surface area contributed by atoms with Crippen molar-refractivity contribution in [2.24, 2.45) is 0 Å². The maximum atomic E-state index is 8.43. The van der Waals surface area contributed by atoms with E-state index in [2.05, 4.69) is 0 Å². The van der Waals surface area contributed by atoms with E-state index in [9.17, 15) is 0 Å². The van der Waals surface area contributed by atoms with E-state index in [-0.39, 0.29) is 19.0 Å². The van der Waals surface area contributed by atoms with E-state index in [0.717, 1.165) is 0 Å². The highest BCUT2D eigenvalue weighted by Gasteiger charge is 2.20. The minimum atomic E-state index is -0.370. The number of ether oxygens (including phenoxy) is 2. The fourth-order valence-corrected chi connectivity index (χ4v) is 0.676. The van der Waals surface area contributed by atoms with Crippen LogP contribution in [0.4, 0.5) is 0 Å². The Morgan fingerprint density at radius 3 is 2.75 bits per heavy atom. The van der Waals surface area contributed by atoms with Gasteiger partial charge in [-0.25, -0.2) is 0 Å². The standard InChI is InChI=1S/C5H10O3/c1-4-3-7-5(2-6)8-4/h4-6H,2-3H2,1H3/t4-,5?/m0/s1. The summed E-state index contributed by atoms with van der Waals surface area (Å²) in [7, 11) is 0. The quantitative estimate of drug-likeness (QED) is 0.515. The van der Waals surface area contributed by atoms with Crippen LogP contribution in [-0.2, 0) is 9.47 Å². The zero-order valence-electron chi connectivity index (χ0n) is 4.83. The van der Waals surface area contributed by atoms with Gasteiger partial charge in [0.05, 0.1) is 19.3 Å². The van der Waals surface area contributed by atoms with Gasteiger partial charge in [0.2, 0.25) is 0 Å². The highest BCUT2D eigenvalue weighted by Crippen LogP contribution is 2.08. The van der Waals surface area contributed by atoms with Crippen molar-refractivity contribution in [3.63, 3.8) is 0 Å². The second-order valence-corrected chi connectivity index (χ2v) is 1.89. The first-order valence-electron chi connectivity index (χ1n) is 2.71. The molecule has 3 heteroatoms. The number of rotatable bonds is 1. The van der Waals surface area contributed by atoms with Crippen molar-refractivity contribution in [2.75, 3.05) is 13.2 Å².